The molecule has 0 radical (unpaired) electrons. The van der Waals surface area contributed by atoms with Gasteiger partial charge in [-0.3, -0.25) is 4.68 Å². The highest BCUT2D eigenvalue weighted by Crippen LogP contribution is 2.10. The molecule has 17 heavy (non-hydrogen) atoms. The second-order valence-corrected chi connectivity index (χ2v) is 5.00. The molecule has 96 valence electrons. The van der Waals surface area contributed by atoms with E-state index in [4.69, 9.17) is 4.74 Å². The Hall–Kier alpha value is -1.36. The van der Waals surface area contributed by atoms with Crippen molar-refractivity contribution >= 4 is 5.97 Å². The molecule has 0 bridgehead atoms. The SMILES string of the molecule is CCOC(=O)c1nn(C)cc1CNC(C)(C)C. The van der Waals surface area contributed by atoms with Crippen LogP contribution in [0.2, 0.25) is 0 Å². The Bertz CT molecular complexity index is 391. The Balaban J connectivity index is 2.81. The van der Waals surface area contributed by atoms with Crippen LogP contribution in [0.1, 0.15) is 43.7 Å². The molecule has 1 heterocycles. The Labute approximate surface area is 102 Å². The molecule has 1 rings (SSSR count). The molecule has 0 fully saturated rings. The van der Waals surface area contributed by atoms with Crippen LogP contribution in [0.15, 0.2) is 6.20 Å². The van der Waals surface area contributed by atoms with Crippen LogP contribution in [-0.2, 0) is 18.3 Å². The monoisotopic (exact) mass is 239 g/mol. The zero-order valence-electron chi connectivity index (χ0n) is 11.2. The molecule has 5 nitrogen and oxygen atoms in total. The van der Waals surface area contributed by atoms with Crippen molar-refractivity contribution in [3.8, 4) is 0 Å². The predicted octanol–water partition coefficient (Wildman–Crippen LogP) is 1.48. The van der Waals surface area contributed by atoms with Crippen LogP contribution >= 0.6 is 0 Å². The lowest BCUT2D eigenvalue weighted by Crippen LogP contribution is -2.35. The summed E-state index contributed by atoms with van der Waals surface area (Å²) < 4.78 is 6.60. The highest BCUT2D eigenvalue weighted by Gasteiger charge is 2.18. The Morgan fingerprint density at radius 1 is 1.53 bits per heavy atom. The van der Waals surface area contributed by atoms with Gasteiger partial charge in [0.1, 0.15) is 0 Å². The molecule has 0 aliphatic heterocycles. The summed E-state index contributed by atoms with van der Waals surface area (Å²) in [5.74, 6) is -0.362. The third kappa shape index (κ3) is 4.19. The van der Waals surface area contributed by atoms with Crippen molar-refractivity contribution in [2.75, 3.05) is 6.61 Å². The molecule has 0 saturated heterocycles. The molecule has 1 aromatic heterocycles. The summed E-state index contributed by atoms with van der Waals surface area (Å²) in [5.41, 5.74) is 1.26. The van der Waals surface area contributed by atoms with E-state index >= 15 is 0 Å². The number of aryl methyl sites for hydroxylation is 1. The van der Waals surface area contributed by atoms with E-state index in [-0.39, 0.29) is 11.5 Å². The molecular formula is C12H21N3O2. The van der Waals surface area contributed by atoms with E-state index in [1.54, 1.807) is 18.7 Å². The van der Waals surface area contributed by atoms with Crippen LogP contribution < -0.4 is 5.32 Å². The average molecular weight is 239 g/mol. The standard InChI is InChI=1S/C12H21N3O2/c1-6-17-11(16)10-9(8-15(5)14-10)7-13-12(2,3)4/h8,13H,6-7H2,1-5H3. The summed E-state index contributed by atoms with van der Waals surface area (Å²) in [7, 11) is 1.79. The van der Waals surface area contributed by atoms with Crippen LogP contribution in [0.5, 0.6) is 0 Å². The van der Waals surface area contributed by atoms with Gasteiger partial charge >= 0.3 is 5.97 Å². The fourth-order valence-corrected chi connectivity index (χ4v) is 1.40. The fourth-order valence-electron chi connectivity index (χ4n) is 1.40. The van der Waals surface area contributed by atoms with Crippen molar-refractivity contribution in [3.63, 3.8) is 0 Å². The van der Waals surface area contributed by atoms with E-state index in [2.05, 4.69) is 31.2 Å². The lowest BCUT2D eigenvalue weighted by molar-refractivity contribution is 0.0517. The molecule has 0 aliphatic rings. The van der Waals surface area contributed by atoms with Gasteiger partial charge in [0.05, 0.1) is 6.61 Å². The first-order chi connectivity index (χ1) is 7.83. The quantitative estimate of drug-likeness (QED) is 0.809. The normalized spacial score (nSPS) is 11.6. The molecule has 0 aromatic carbocycles. The number of nitrogens with zero attached hydrogens (tertiary/aromatic N) is 2. The molecule has 1 N–H and O–H groups in total. The number of aromatic nitrogens is 2. The van der Waals surface area contributed by atoms with Crippen molar-refractivity contribution in [3.05, 3.63) is 17.5 Å². The molecule has 5 heteroatoms. The topological polar surface area (TPSA) is 56.1 Å². The minimum Gasteiger partial charge on any atom is -0.461 e. The lowest BCUT2D eigenvalue weighted by Gasteiger charge is -2.20. The number of nitrogens with one attached hydrogen (secondary N) is 1. The predicted molar refractivity (Wildman–Crippen MR) is 65.8 cm³/mol. The summed E-state index contributed by atoms with van der Waals surface area (Å²) in [5, 5.41) is 7.46. The smallest absolute Gasteiger partial charge is 0.359 e. The largest absolute Gasteiger partial charge is 0.461 e. The minimum atomic E-state index is -0.362. The molecule has 0 spiro atoms. The van der Waals surface area contributed by atoms with Crippen LogP contribution in [-0.4, -0.2) is 27.9 Å². The van der Waals surface area contributed by atoms with E-state index in [1.807, 2.05) is 6.20 Å². The van der Waals surface area contributed by atoms with Gasteiger partial charge in [-0.15, -0.1) is 0 Å². The third-order valence-electron chi connectivity index (χ3n) is 2.18. The highest BCUT2D eigenvalue weighted by atomic mass is 16.5. The van der Waals surface area contributed by atoms with Gasteiger partial charge in [0.2, 0.25) is 0 Å². The third-order valence-corrected chi connectivity index (χ3v) is 2.18. The summed E-state index contributed by atoms with van der Waals surface area (Å²) in [6.45, 7) is 8.98. The minimum absolute atomic E-state index is 0.00176. The number of rotatable bonds is 4. The number of hydrogen-bond donors (Lipinski definition) is 1. The Morgan fingerprint density at radius 3 is 2.71 bits per heavy atom. The second kappa shape index (κ2) is 5.31. The first kappa shape index (κ1) is 13.7. The first-order valence-electron chi connectivity index (χ1n) is 5.78. The van der Waals surface area contributed by atoms with E-state index in [0.717, 1.165) is 5.56 Å². The number of esters is 1. The lowest BCUT2D eigenvalue weighted by atomic mass is 10.1. The van der Waals surface area contributed by atoms with Gasteiger partial charge < -0.3 is 10.1 Å². The number of carbonyl (C=O) groups excluding carboxylic acids is 1. The average Bonchev–Trinajstić information content (AvgIpc) is 2.56. The highest BCUT2D eigenvalue weighted by molar-refractivity contribution is 5.88. The van der Waals surface area contributed by atoms with Crippen molar-refractivity contribution in [1.29, 1.82) is 0 Å². The van der Waals surface area contributed by atoms with Gasteiger partial charge in [0.15, 0.2) is 5.69 Å². The Morgan fingerprint density at radius 2 is 2.18 bits per heavy atom. The van der Waals surface area contributed by atoms with Crippen molar-refractivity contribution in [2.45, 2.75) is 39.8 Å². The zero-order chi connectivity index (χ0) is 13.1. The van der Waals surface area contributed by atoms with E-state index in [0.29, 0.717) is 18.8 Å². The number of carbonyl (C=O) groups is 1. The van der Waals surface area contributed by atoms with Crippen molar-refractivity contribution < 1.29 is 9.53 Å². The Kier molecular flexibility index (Phi) is 4.28. The van der Waals surface area contributed by atoms with Crippen LogP contribution in [0, 0.1) is 0 Å². The maximum Gasteiger partial charge on any atom is 0.359 e. The van der Waals surface area contributed by atoms with Gasteiger partial charge in [-0.1, -0.05) is 0 Å². The van der Waals surface area contributed by atoms with Crippen LogP contribution in [0.4, 0.5) is 0 Å². The summed E-state index contributed by atoms with van der Waals surface area (Å²) in [6, 6.07) is 0. The summed E-state index contributed by atoms with van der Waals surface area (Å²) in [4.78, 5) is 11.7. The zero-order valence-corrected chi connectivity index (χ0v) is 11.2. The van der Waals surface area contributed by atoms with Gasteiger partial charge in [-0.05, 0) is 27.7 Å². The number of hydrogen-bond acceptors (Lipinski definition) is 4. The van der Waals surface area contributed by atoms with Gasteiger partial charge in [-0.25, -0.2) is 4.79 Å². The van der Waals surface area contributed by atoms with Crippen molar-refractivity contribution in [1.82, 2.24) is 15.1 Å². The van der Waals surface area contributed by atoms with Crippen LogP contribution in [0.3, 0.4) is 0 Å². The first-order valence-corrected chi connectivity index (χ1v) is 5.78. The van der Waals surface area contributed by atoms with Gasteiger partial charge in [0, 0.05) is 30.9 Å². The molecule has 1 aromatic rings. The summed E-state index contributed by atoms with van der Waals surface area (Å²) >= 11 is 0. The molecule has 0 atom stereocenters. The molecular weight excluding hydrogens is 218 g/mol. The van der Waals surface area contributed by atoms with E-state index in [1.165, 1.54) is 0 Å². The molecule has 0 unspecified atom stereocenters. The van der Waals surface area contributed by atoms with Gasteiger partial charge in [-0.2, -0.15) is 5.10 Å². The second-order valence-electron chi connectivity index (χ2n) is 5.00. The van der Waals surface area contributed by atoms with Crippen molar-refractivity contribution in [2.24, 2.45) is 7.05 Å². The van der Waals surface area contributed by atoms with Crippen LogP contribution in [0.25, 0.3) is 0 Å². The maximum absolute atomic E-state index is 11.7. The van der Waals surface area contributed by atoms with E-state index < -0.39 is 0 Å². The fraction of sp³-hybridized carbons (Fsp3) is 0.667. The molecule has 0 aliphatic carbocycles. The number of ether oxygens (including phenoxy) is 1. The molecule has 0 amide bonds. The molecule has 0 saturated carbocycles. The van der Waals surface area contributed by atoms with Gasteiger partial charge in [0.25, 0.3) is 0 Å². The summed E-state index contributed by atoms with van der Waals surface area (Å²) in [6.07, 6.45) is 1.84. The maximum atomic E-state index is 11.7. The van der Waals surface area contributed by atoms with E-state index in [9.17, 15) is 4.79 Å².